The van der Waals surface area contributed by atoms with Crippen molar-refractivity contribution in [2.45, 2.75) is 64.4 Å². The Labute approximate surface area is 161 Å². The van der Waals surface area contributed by atoms with Crippen LogP contribution in [0.15, 0.2) is 11.6 Å². The van der Waals surface area contributed by atoms with Crippen molar-refractivity contribution in [2.75, 3.05) is 19.1 Å². The Hall–Kier alpha value is -1.01. The molecule has 0 radical (unpaired) electrons. The van der Waals surface area contributed by atoms with E-state index in [0.717, 1.165) is 12.5 Å². The van der Waals surface area contributed by atoms with Gasteiger partial charge in [-0.3, -0.25) is 8.37 Å². The summed E-state index contributed by atoms with van der Waals surface area (Å²) >= 11 is 0. The zero-order chi connectivity index (χ0) is 20.8. The summed E-state index contributed by atoms with van der Waals surface area (Å²) in [5, 5.41) is 0. The summed E-state index contributed by atoms with van der Waals surface area (Å²) in [5.41, 5.74) is 0.148. The monoisotopic (exact) mass is 428 g/mol. The second kappa shape index (κ2) is 9.97. The Morgan fingerprint density at radius 2 is 1.63 bits per heavy atom. The Bertz CT molecular complexity index is 736. The zero-order valence-electron chi connectivity index (χ0n) is 16.2. The molecule has 9 nitrogen and oxygen atoms in total. The quantitative estimate of drug-likeness (QED) is 0.372. The number of rotatable bonds is 10. The van der Waals surface area contributed by atoms with E-state index >= 15 is 0 Å². The van der Waals surface area contributed by atoms with E-state index in [-0.39, 0.29) is 24.7 Å². The van der Waals surface area contributed by atoms with Crippen LogP contribution in [0.5, 0.6) is 0 Å². The molecule has 1 aliphatic carbocycles. The van der Waals surface area contributed by atoms with E-state index in [4.69, 9.17) is 17.8 Å². The molecule has 158 valence electrons. The highest BCUT2D eigenvalue weighted by Gasteiger charge is 2.42. The van der Waals surface area contributed by atoms with Crippen LogP contribution in [0.4, 0.5) is 0 Å². The standard InChI is InChI=1S/C16H28O9S2/c1-6-12(7-2)23-13-9-11(16(17)22-8-3)10-14(24-26(4,18)19)15(13)25-27(5,20)21/h9,12-15H,6-8,10H2,1-5H3/t13-,14-,15-/m1/s1. The summed E-state index contributed by atoms with van der Waals surface area (Å²) in [6.07, 6.45) is 0.460. The van der Waals surface area contributed by atoms with Gasteiger partial charge in [0.25, 0.3) is 20.2 Å². The van der Waals surface area contributed by atoms with E-state index in [1.807, 2.05) is 13.8 Å². The molecule has 0 aliphatic heterocycles. The van der Waals surface area contributed by atoms with Gasteiger partial charge in [-0.25, -0.2) is 4.79 Å². The van der Waals surface area contributed by atoms with Gasteiger partial charge in [-0.15, -0.1) is 0 Å². The molecule has 0 spiro atoms. The molecule has 0 aromatic carbocycles. The molecule has 0 N–H and O–H groups in total. The summed E-state index contributed by atoms with van der Waals surface area (Å²) in [6.45, 7) is 5.56. The van der Waals surface area contributed by atoms with Gasteiger partial charge in [-0.05, 0) is 25.8 Å². The molecule has 11 heteroatoms. The number of carbonyl (C=O) groups is 1. The fourth-order valence-electron chi connectivity index (χ4n) is 2.73. The Morgan fingerprint density at radius 3 is 2.07 bits per heavy atom. The Morgan fingerprint density at radius 1 is 1.07 bits per heavy atom. The largest absolute Gasteiger partial charge is 0.463 e. The van der Waals surface area contributed by atoms with Crippen LogP contribution in [0.25, 0.3) is 0 Å². The van der Waals surface area contributed by atoms with E-state index in [2.05, 4.69) is 0 Å². The summed E-state index contributed by atoms with van der Waals surface area (Å²) in [5.74, 6) is -0.643. The Balaban J connectivity index is 3.34. The maximum atomic E-state index is 12.2. The first kappa shape index (κ1) is 24.0. The number of carbonyl (C=O) groups excluding carboxylic acids is 1. The van der Waals surface area contributed by atoms with Gasteiger partial charge >= 0.3 is 5.97 Å². The van der Waals surface area contributed by atoms with Crippen LogP contribution in [0.1, 0.15) is 40.0 Å². The molecule has 0 unspecified atom stereocenters. The van der Waals surface area contributed by atoms with Crippen molar-refractivity contribution in [3.05, 3.63) is 11.6 Å². The van der Waals surface area contributed by atoms with E-state index in [9.17, 15) is 21.6 Å². The normalized spacial score (nSPS) is 23.9. The van der Waals surface area contributed by atoms with E-state index in [0.29, 0.717) is 12.8 Å². The van der Waals surface area contributed by atoms with Gasteiger partial charge in [-0.1, -0.05) is 13.8 Å². The molecule has 0 saturated carbocycles. The maximum absolute atomic E-state index is 12.2. The van der Waals surface area contributed by atoms with Crippen molar-refractivity contribution in [3.63, 3.8) is 0 Å². The highest BCUT2D eigenvalue weighted by molar-refractivity contribution is 7.86. The lowest BCUT2D eigenvalue weighted by Crippen LogP contribution is -2.48. The highest BCUT2D eigenvalue weighted by Crippen LogP contribution is 2.30. The first-order valence-corrected chi connectivity index (χ1v) is 12.3. The lowest BCUT2D eigenvalue weighted by atomic mass is 9.92. The van der Waals surface area contributed by atoms with Crippen molar-refractivity contribution in [2.24, 2.45) is 0 Å². The van der Waals surface area contributed by atoms with Crippen LogP contribution in [0, 0.1) is 0 Å². The average Bonchev–Trinajstić information content (AvgIpc) is 2.52. The lowest BCUT2D eigenvalue weighted by molar-refractivity contribution is -0.140. The fraction of sp³-hybridized carbons (Fsp3) is 0.812. The third-order valence-corrected chi connectivity index (χ3v) is 5.03. The van der Waals surface area contributed by atoms with Crippen LogP contribution < -0.4 is 0 Å². The first-order valence-electron chi connectivity index (χ1n) is 8.69. The SMILES string of the molecule is CCOC(=O)C1=C[C@@H](OC(CC)CC)[C@@H](OS(C)(=O)=O)[C@H](OS(C)(=O)=O)C1. The van der Waals surface area contributed by atoms with Gasteiger partial charge in [0.1, 0.15) is 18.3 Å². The third-order valence-electron chi connectivity index (χ3n) is 3.86. The second-order valence-corrected chi connectivity index (χ2v) is 9.46. The van der Waals surface area contributed by atoms with E-state index in [1.165, 1.54) is 6.08 Å². The van der Waals surface area contributed by atoms with Crippen molar-refractivity contribution >= 4 is 26.2 Å². The summed E-state index contributed by atoms with van der Waals surface area (Å²) in [6, 6.07) is 0. The van der Waals surface area contributed by atoms with Crippen LogP contribution in [-0.2, 0) is 42.9 Å². The average molecular weight is 429 g/mol. The molecule has 27 heavy (non-hydrogen) atoms. The van der Waals surface area contributed by atoms with Crippen LogP contribution >= 0.6 is 0 Å². The van der Waals surface area contributed by atoms with Crippen LogP contribution in [-0.4, -0.2) is 66.3 Å². The van der Waals surface area contributed by atoms with Gasteiger partial charge in [-0.2, -0.15) is 16.8 Å². The van der Waals surface area contributed by atoms with Crippen LogP contribution in [0.2, 0.25) is 0 Å². The smallest absolute Gasteiger partial charge is 0.333 e. The van der Waals surface area contributed by atoms with Gasteiger partial charge in [0.2, 0.25) is 0 Å². The lowest BCUT2D eigenvalue weighted by Gasteiger charge is -2.36. The van der Waals surface area contributed by atoms with Gasteiger partial charge in [0.05, 0.1) is 25.2 Å². The molecule has 0 amide bonds. The number of hydrogen-bond acceptors (Lipinski definition) is 9. The highest BCUT2D eigenvalue weighted by atomic mass is 32.2. The number of ether oxygens (including phenoxy) is 2. The topological polar surface area (TPSA) is 122 Å². The minimum atomic E-state index is -3.95. The number of hydrogen-bond donors (Lipinski definition) is 0. The molecule has 0 bridgehead atoms. The fourth-order valence-corrected chi connectivity index (χ4v) is 4.00. The molecular weight excluding hydrogens is 400 g/mol. The summed E-state index contributed by atoms with van der Waals surface area (Å²) < 4.78 is 67.7. The van der Waals surface area contributed by atoms with Crippen molar-refractivity contribution in [1.82, 2.24) is 0 Å². The van der Waals surface area contributed by atoms with Crippen molar-refractivity contribution in [3.8, 4) is 0 Å². The predicted octanol–water partition coefficient (Wildman–Crippen LogP) is 1.14. The van der Waals surface area contributed by atoms with Gasteiger partial charge < -0.3 is 9.47 Å². The minimum Gasteiger partial charge on any atom is -0.463 e. The third kappa shape index (κ3) is 8.26. The molecule has 0 aromatic heterocycles. The molecule has 0 fully saturated rings. The van der Waals surface area contributed by atoms with Gasteiger partial charge in [0.15, 0.2) is 0 Å². The number of esters is 1. The molecule has 1 rings (SSSR count). The second-order valence-electron chi connectivity index (χ2n) is 6.26. The predicted molar refractivity (Wildman–Crippen MR) is 98.0 cm³/mol. The maximum Gasteiger partial charge on any atom is 0.333 e. The van der Waals surface area contributed by atoms with E-state index < -0.39 is 44.5 Å². The summed E-state index contributed by atoms with van der Waals surface area (Å²) in [7, 11) is -7.89. The van der Waals surface area contributed by atoms with E-state index in [1.54, 1.807) is 6.92 Å². The molecule has 3 atom stereocenters. The zero-order valence-corrected chi connectivity index (χ0v) is 17.8. The first-order chi connectivity index (χ1) is 12.4. The molecule has 0 heterocycles. The molecule has 1 aliphatic rings. The molecule has 0 aromatic rings. The molecule has 0 saturated heterocycles. The molecular formula is C16H28O9S2. The van der Waals surface area contributed by atoms with Crippen LogP contribution in [0.3, 0.4) is 0 Å². The van der Waals surface area contributed by atoms with Crippen molar-refractivity contribution in [1.29, 1.82) is 0 Å². The minimum absolute atomic E-state index is 0.134. The Kier molecular flexibility index (Phi) is 8.87. The van der Waals surface area contributed by atoms with Gasteiger partial charge in [0, 0.05) is 12.0 Å². The van der Waals surface area contributed by atoms with Crippen molar-refractivity contribution < 1.29 is 39.5 Å². The summed E-state index contributed by atoms with van der Waals surface area (Å²) in [4.78, 5) is 12.2.